The zero-order valence-corrected chi connectivity index (χ0v) is 15.4. The van der Waals surface area contributed by atoms with Crippen molar-refractivity contribution in [3.05, 3.63) is 77.4 Å². The summed E-state index contributed by atoms with van der Waals surface area (Å²) in [6, 6.07) is 13.2. The summed E-state index contributed by atoms with van der Waals surface area (Å²) in [5.74, 6) is -0.987. The summed E-state index contributed by atoms with van der Waals surface area (Å²) in [7, 11) is 0. The normalized spacial score (nSPS) is 19.7. The molecule has 0 fully saturated rings. The molecule has 1 unspecified atom stereocenters. The molecule has 0 radical (unpaired) electrons. The van der Waals surface area contributed by atoms with E-state index in [-0.39, 0.29) is 11.5 Å². The lowest BCUT2D eigenvalue weighted by Gasteiger charge is -2.46. The standard InChI is InChI=1S/C22H24F2N2O/c1-16(27)26-13-10-17(20-14-19(23)8-9-21(20)24)15-22(26,11-5-12-25)18-6-3-2-4-7-18/h2-4,6-9,14-15H,5,10-13,25H2,1H3. The number of nitrogens with two attached hydrogens (primary N) is 1. The van der Waals surface area contributed by atoms with Crippen LogP contribution >= 0.6 is 0 Å². The van der Waals surface area contributed by atoms with Crippen molar-refractivity contribution in [3.8, 4) is 0 Å². The molecule has 1 amide bonds. The highest BCUT2D eigenvalue weighted by Gasteiger charge is 2.40. The van der Waals surface area contributed by atoms with Crippen molar-refractivity contribution in [2.75, 3.05) is 13.1 Å². The van der Waals surface area contributed by atoms with Gasteiger partial charge in [-0.25, -0.2) is 8.78 Å². The second-order valence-electron chi connectivity index (χ2n) is 6.90. The van der Waals surface area contributed by atoms with E-state index >= 15 is 0 Å². The molecule has 1 heterocycles. The van der Waals surface area contributed by atoms with Gasteiger partial charge >= 0.3 is 0 Å². The van der Waals surface area contributed by atoms with Crippen LogP contribution in [0.3, 0.4) is 0 Å². The lowest BCUT2D eigenvalue weighted by atomic mass is 9.77. The maximum atomic E-state index is 14.4. The van der Waals surface area contributed by atoms with Crippen LogP contribution in [0.15, 0.2) is 54.6 Å². The molecule has 0 saturated carbocycles. The van der Waals surface area contributed by atoms with Crippen LogP contribution in [0.5, 0.6) is 0 Å². The van der Waals surface area contributed by atoms with Gasteiger partial charge in [-0.1, -0.05) is 36.4 Å². The summed E-state index contributed by atoms with van der Waals surface area (Å²) in [6.45, 7) is 2.47. The first-order valence-corrected chi connectivity index (χ1v) is 9.19. The molecule has 2 N–H and O–H groups in total. The summed E-state index contributed by atoms with van der Waals surface area (Å²) < 4.78 is 28.2. The van der Waals surface area contributed by atoms with Gasteiger partial charge in [0.2, 0.25) is 5.91 Å². The smallest absolute Gasteiger partial charge is 0.220 e. The van der Waals surface area contributed by atoms with Gasteiger partial charge in [-0.05, 0) is 55.1 Å². The summed E-state index contributed by atoms with van der Waals surface area (Å²) in [5, 5.41) is 0. The van der Waals surface area contributed by atoms with Gasteiger partial charge in [0.1, 0.15) is 11.6 Å². The molecule has 142 valence electrons. The van der Waals surface area contributed by atoms with Crippen LogP contribution in [0.1, 0.15) is 37.3 Å². The van der Waals surface area contributed by atoms with Crippen molar-refractivity contribution in [2.45, 2.75) is 31.7 Å². The number of hydrogen-bond donors (Lipinski definition) is 1. The topological polar surface area (TPSA) is 46.3 Å². The third-order valence-corrected chi connectivity index (χ3v) is 5.19. The fraction of sp³-hybridized carbons (Fsp3) is 0.318. The van der Waals surface area contributed by atoms with Crippen LogP contribution in [0.2, 0.25) is 0 Å². The first kappa shape index (κ1) is 19.2. The summed E-state index contributed by atoms with van der Waals surface area (Å²) >= 11 is 0. The third-order valence-electron chi connectivity index (χ3n) is 5.19. The largest absolute Gasteiger partial charge is 0.330 e. The minimum Gasteiger partial charge on any atom is -0.330 e. The summed E-state index contributed by atoms with van der Waals surface area (Å²) in [4.78, 5) is 14.3. The molecule has 0 saturated heterocycles. The fourth-order valence-corrected chi connectivity index (χ4v) is 3.95. The van der Waals surface area contributed by atoms with E-state index in [1.54, 1.807) is 6.92 Å². The lowest BCUT2D eigenvalue weighted by molar-refractivity contribution is -0.134. The molecule has 0 bridgehead atoms. The average molecular weight is 370 g/mol. The van der Waals surface area contributed by atoms with E-state index in [9.17, 15) is 13.6 Å². The van der Waals surface area contributed by atoms with Crippen molar-refractivity contribution in [1.29, 1.82) is 0 Å². The Morgan fingerprint density at radius 3 is 2.59 bits per heavy atom. The second-order valence-corrected chi connectivity index (χ2v) is 6.90. The van der Waals surface area contributed by atoms with E-state index in [4.69, 9.17) is 5.73 Å². The Morgan fingerprint density at radius 1 is 1.19 bits per heavy atom. The number of benzene rings is 2. The Kier molecular flexibility index (Phi) is 5.71. The van der Waals surface area contributed by atoms with Crippen LogP contribution in [0.4, 0.5) is 8.78 Å². The number of amides is 1. The van der Waals surface area contributed by atoms with Crippen molar-refractivity contribution >= 4 is 11.5 Å². The zero-order chi connectivity index (χ0) is 19.4. The molecule has 0 aromatic heterocycles. The van der Waals surface area contributed by atoms with Crippen LogP contribution < -0.4 is 5.73 Å². The van der Waals surface area contributed by atoms with E-state index < -0.39 is 17.2 Å². The van der Waals surface area contributed by atoms with Gasteiger partial charge in [0, 0.05) is 19.0 Å². The molecule has 0 aliphatic carbocycles. The first-order valence-electron chi connectivity index (χ1n) is 9.19. The van der Waals surface area contributed by atoms with E-state index in [1.807, 2.05) is 41.3 Å². The van der Waals surface area contributed by atoms with Crippen molar-refractivity contribution in [1.82, 2.24) is 4.90 Å². The second kappa shape index (κ2) is 8.01. The van der Waals surface area contributed by atoms with Crippen LogP contribution in [0.25, 0.3) is 5.57 Å². The Labute approximate surface area is 158 Å². The van der Waals surface area contributed by atoms with E-state index in [1.165, 1.54) is 6.07 Å². The summed E-state index contributed by atoms with van der Waals surface area (Å²) in [6.07, 6.45) is 3.72. The van der Waals surface area contributed by atoms with Gasteiger partial charge in [-0.2, -0.15) is 0 Å². The molecular formula is C22H24F2N2O. The number of carbonyl (C=O) groups excluding carboxylic acids is 1. The van der Waals surface area contributed by atoms with Gasteiger partial charge < -0.3 is 10.6 Å². The Hall–Kier alpha value is -2.53. The van der Waals surface area contributed by atoms with Crippen molar-refractivity contribution in [2.24, 2.45) is 5.73 Å². The molecule has 2 aromatic carbocycles. The predicted molar refractivity (Wildman–Crippen MR) is 103 cm³/mol. The maximum Gasteiger partial charge on any atom is 0.220 e. The molecule has 1 atom stereocenters. The Morgan fingerprint density at radius 2 is 1.93 bits per heavy atom. The molecular weight excluding hydrogens is 346 g/mol. The number of nitrogens with zero attached hydrogens (tertiary/aromatic N) is 1. The third kappa shape index (κ3) is 3.78. The summed E-state index contributed by atoms with van der Waals surface area (Å²) in [5.41, 5.74) is 6.95. The Bertz CT molecular complexity index is 851. The fourth-order valence-electron chi connectivity index (χ4n) is 3.95. The van der Waals surface area contributed by atoms with Crippen molar-refractivity contribution < 1.29 is 13.6 Å². The molecule has 1 aliphatic heterocycles. The monoisotopic (exact) mass is 370 g/mol. The van der Waals surface area contributed by atoms with E-state index in [2.05, 4.69) is 0 Å². The number of rotatable bonds is 5. The number of carbonyl (C=O) groups is 1. The SMILES string of the molecule is CC(=O)N1CCC(c2cc(F)ccc2F)=CC1(CCCN)c1ccccc1. The molecule has 5 heteroatoms. The van der Waals surface area contributed by atoms with Gasteiger partial charge in [0.15, 0.2) is 0 Å². The highest BCUT2D eigenvalue weighted by molar-refractivity contribution is 5.78. The average Bonchev–Trinajstić information content (AvgIpc) is 2.68. The molecule has 1 aliphatic rings. The highest BCUT2D eigenvalue weighted by Crippen LogP contribution is 2.42. The van der Waals surface area contributed by atoms with E-state index in [0.29, 0.717) is 37.9 Å². The van der Waals surface area contributed by atoms with Gasteiger partial charge in [0.25, 0.3) is 0 Å². The molecule has 27 heavy (non-hydrogen) atoms. The number of hydrogen-bond acceptors (Lipinski definition) is 2. The van der Waals surface area contributed by atoms with Gasteiger partial charge in [-0.15, -0.1) is 0 Å². The first-order chi connectivity index (χ1) is 13.0. The minimum absolute atomic E-state index is 0.0501. The molecule has 2 aromatic rings. The van der Waals surface area contributed by atoms with Crippen LogP contribution in [0, 0.1) is 11.6 Å². The molecule has 3 rings (SSSR count). The van der Waals surface area contributed by atoms with Crippen molar-refractivity contribution in [3.63, 3.8) is 0 Å². The maximum absolute atomic E-state index is 14.4. The lowest BCUT2D eigenvalue weighted by Crippen LogP contribution is -2.50. The predicted octanol–water partition coefficient (Wildman–Crippen LogP) is 4.23. The van der Waals surface area contributed by atoms with Gasteiger partial charge in [-0.3, -0.25) is 4.79 Å². The minimum atomic E-state index is -0.723. The zero-order valence-electron chi connectivity index (χ0n) is 15.4. The van der Waals surface area contributed by atoms with E-state index in [0.717, 1.165) is 17.7 Å². The quantitative estimate of drug-likeness (QED) is 0.856. The van der Waals surface area contributed by atoms with Gasteiger partial charge in [0.05, 0.1) is 5.54 Å². The Balaban J connectivity index is 2.20. The number of halogens is 2. The highest BCUT2D eigenvalue weighted by atomic mass is 19.1. The molecule has 0 spiro atoms. The molecule has 3 nitrogen and oxygen atoms in total. The van der Waals surface area contributed by atoms with Crippen LogP contribution in [-0.2, 0) is 10.3 Å². The van der Waals surface area contributed by atoms with Crippen LogP contribution in [-0.4, -0.2) is 23.9 Å².